The fraction of sp³-hybridized carbons (Fsp3) is 0.214. The highest BCUT2D eigenvalue weighted by atomic mass is 19.1. The monoisotopic (exact) mass is 244 g/mol. The minimum absolute atomic E-state index is 0.194. The highest BCUT2D eigenvalue weighted by Gasteiger charge is 2.47. The molecule has 3 rings (SSSR count). The molecule has 1 amide bonds. The molecule has 1 aromatic heterocycles. The van der Waals surface area contributed by atoms with Gasteiger partial charge in [-0.15, -0.1) is 0 Å². The van der Waals surface area contributed by atoms with E-state index in [-0.39, 0.29) is 11.7 Å². The largest absolute Gasteiger partial charge is 0.357 e. The average molecular weight is 244 g/mol. The van der Waals surface area contributed by atoms with Crippen LogP contribution in [0.2, 0.25) is 0 Å². The number of benzene rings is 1. The number of aromatic nitrogens is 1. The Balaban J connectivity index is 1.85. The number of aromatic amines is 1. The number of carbonyl (C=O) groups is 1. The molecule has 0 unspecified atom stereocenters. The van der Waals surface area contributed by atoms with E-state index in [4.69, 9.17) is 0 Å². The standard InChI is InChI=1S/C14H13FN2O/c15-11-5-2-1-4-10(11)14(7-8-14)17-13(18)12-6-3-9-16-12/h1-6,9,16H,7-8H2,(H,17,18). The highest BCUT2D eigenvalue weighted by Crippen LogP contribution is 2.46. The fourth-order valence-electron chi connectivity index (χ4n) is 2.19. The van der Waals surface area contributed by atoms with Gasteiger partial charge in [-0.1, -0.05) is 18.2 Å². The molecule has 0 atom stereocenters. The van der Waals surface area contributed by atoms with Crippen LogP contribution in [0.5, 0.6) is 0 Å². The van der Waals surface area contributed by atoms with Crippen LogP contribution in [0.15, 0.2) is 42.6 Å². The third-order valence-electron chi connectivity index (χ3n) is 3.33. The molecule has 92 valence electrons. The number of H-pyrrole nitrogens is 1. The number of nitrogens with one attached hydrogen (secondary N) is 2. The SMILES string of the molecule is O=C(NC1(c2ccccc2F)CC1)c1ccc[nH]1. The van der Waals surface area contributed by atoms with E-state index in [1.807, 2.05) is 0 Å². The molecule has 0 spiro atoms. The van der Waals surface area contributed by atoms with Gasteiger partial charge in [-0.3, -0.25) is 4.79 Å². The van der Waals surface area contributed by atoms with Crippen molar-refractivity contribution in [1.29, 1.82) is 0 Å². The van der Waals surface area contributed by atoms with E-state index in [0.29, 0.717) is 11.3 Å². The Morgan fingerprint density at radius 1 is 1.22 bits per heavy atom. The highest BCUT2D eigenvalue weighted by molar-refractivity contribution is 5.93. The zero-order chi connectivity index (χ0) is 12.6. The second kappa shape index (κ2) is 3.98. The van der Waals surface area contributed by atoms with Crippen LogP contribution in [-0.4, -0.2) is 10.9 Å². The van der Waals surface area contributed by atoms with Gasteiger partial charge >= 0.3 is 0 Å². The fourth-order valence-corrected chi connectivity index (χ4v) is 2.19. The molecule has 1 fully saturated rings. The number of carbonyl (C=O) groups excluding carboxylic acids is 1. The van der Waals surface area contributed by atoms with Crippen LogP contribution >= 0.6 is 0 Å². The Bertz CT molecular complexity index is 573. The summed E-state index contributed by atoms with van der Waals surface area (Å²) in [6, 6.07) is 10.1. The van der Waals surface area contributed by atoms with Crippen molar-refractivity contribution in [2.24, 2.45) is 0 Å². The minimum Gasteiger partial charge on any atom is -0.357 e. The molecule has 1 saturated carbocycles. The molecule has 0 aliphatic heterocycles. The van der Waals surface area contributed by atoms with Gasteiger partial charge in [0.25, 0.3) is 5.91 Å². The van der Waals surface area contributed by atoms with E-state index in [1.54, 1.807) is 36.5 Å². The summed E-state index contributed by atoms with van der Waals surface area (Å²) in [5.41, 5.74) is 0.551. The van der Waals surface area contributed by atoms with Crippen LogP contribution in [0.1, 0.15) is 28.9 Å². The normalized spacial score (nSPS) is 16.3. The van der Waals surface area contributed by atoms with Crippen molar-refractivity contribution in [2.75, 3.05) is 0 Å². The van der Waals surface area contributed by atoms with Gasteiger partial charge in [0.15, 0.2) is 0 Å². The van der Waals surface area contributed by atoms with E-state index < -0.39 is 5.54 Å². The first-order chi connectivity index (χ1) is 8.71. The van der Waals surface area contributed by atoms with Crippen molar-refractivity contribution in [3.8, 4) is 0 Å². The first-order valence-electron chi connectivity index (χ1n) is 5.92. The second-order valence-corrected chi connectivity index (χ2v) is 4.60. The molecular weight excluding hydrogens is 231 g/mol. The van der Waals surface area contributed by atoms with E-state index in [0.717, 1.165) is 12.8 Å². The third-order valence-corrected chi connectivity index (χ3v) is 3.33. The maximum Gasteiger partial charge on any atom is 0.268 e. The number of hydrogen-bond acceptors (Lipinski definition) is 1. The average Bonchev–Trinajstić information content (AvgIpc) is 2.94. The van der Waals surface area contributed by atoms with Crippen LogP contribution in [-0.2, 0) is 5.54 Å². The quantitative estimate of drug-likeness (QED) is 0.856. The van der Waals surface area contributed by atoms with E-state index >= 15 is 0 Å². The van der Waals surface area contributed by atoms with E-state index in [1.165, 1.54) is 6.07 Å². The van der Waals surface area contributed by atoms with Crippen molar-refractivity contribution in [2.45, 2.75) is 18.4 Å². The van der Waals surface area contributed by atoms with Crippen LogP contribution < -0.4 is 5.32 Å². The van der Waals surface area contributed by atoms with Gasteiger partial charge in [-0.2, -0.15) is 0 Å². The molecule has 1 heterocycles. The van der Waals surface area contributed by atoms with Crippen LogP contribution in [0.3, 0.4) is 0 Å². The number of halogens is 1. The summed E-state index contributed by atoms with van der Waals surface area (Å²) < 4.78 is 13.8. The van der Waals surface area contributed by atoms with Crippen LogP contribution in [0.25, 0.3) is 0 Å². The van der Waals surface area contributed by atoms with Gasteiger partial charge in [0.05, 0.1) is 5.54 Å². The van der Waals surface area contributed by atoms with Crippen LogP contribution in [0.4, 0.5) is 4.39 Å². The van der Waals surface area contributed by atoms with Gasteiger partial charge in [0.1, 0.15) is 11.5 Å². The molecule has 1 aliphatic rings. The van der Waals surface area contributed by atoms with Crippen molar-refractivity contribution in [1.82, 2.24) is 10.3 Å². The lowest BCUT2D eigenvalue weighted by Gasteiger charge is -2.18. The zero-order valence-corrected chi connectivity index (χ0v) is 9.74. The summed E-state index contributed by atoms with van der Waals surface area (Å²) in [5, 5.41) is 2.92. The third kappa shape index (κ3) is 1.79. The van der Waals surface area contributed by atoms with Gasteiger partial charge in [-0.25, -0.2) is 4.39 Å². The molecule has 18 heavy (non-hydrogen) atoms. The molecular formula is C14H13FN2O. The predicted octanol–water partition coefficient (Wildman–Crippen LogP) is 2.57. The summed E-state index contributed by atoms with van der Waals surface area (Å²) in [4.78, 5) is 14.8. The summed E-state index contributed by atoms with van der Waals surface area (Å²) in [6.45, 7) is 0. The summed E-state index contributed by atoms with van der Waals surface area (Å²) in [6.07, 6.45) is 3.25. The molecule has 1 aromatic carbocycles. The Labute approximate surface area is 104 Å². The molecule has 2 aromatic rings. The Morgan fingerprint density at radius 2 is 2.00 bits per heavy atom. The maximum atomic E-state index is 13.8. The second-order valence-electron chi connectivity index (χ2n) is 4.60. The smallest absolute Gasteiger partial charge is 0.268 e. The number of hydrogen-bond donors (Lipinski definition) is 2. The van der Waals surface area contributed by atoms with Crippen molar-refractivity contribution >= 4 is 5.91 Å². The Morgan fingerprint density at radius 3 is 2.61 bits per heavy atom. The minimum atomic E-state index is -0.520. The molecule has 0 saturated heterocycles. The molecule has 0 radical (unpaired) electrons. The van der Waals surface area contributed by atoms with Crippen molar-refractivity contribution in [3.05, 3.63) is 59.7 Å². The Kier molecular flexibility index (Phi) is 2.44. The first kappa shape index (κ1) is 11.0. The Hall–Kier alpha value is -2.10. The van der Waals surface area contributed by atoms with E-state index in [9.17, 15) is 9.18 Å². The zero-order valence-electron chi connectivity index (χ0n) is 9.74. The summed E-state index contributed by atoms with van der Waals surface area (Å²) in [7, 11) is 0. The van der Waals surface area contributed by atoms with Gasteiger partial charge in [0.2, 0.25) is 0 Å². The molecule has 2 N–H and O–H groups in total. The topological polar surface area (TPSA) is 44.9 Å². The predicted molar refractivity (Wildman–Crippen MR) is 65.6 cm³/mol. The van der Waals surface area contributed by atoms with Gasteiger partial charge in [0, 0.05) is 11.8 Å². The molecule has 4 heteroatoms. The van der Waals surface area contributed by atoms with Gasteiger partial charge < -0.3 is 10.3 Å². The molecule has 0 bridgehead atoms. The first-order valence-corrected chi connectivity index (χ1v) is 5.92. The lowest BCUT2D eigenvalue weighted by Crippen LogP contribution is -2.35. The van der Waals surface area contributed by atoms with Crippen molar-refractivity contribution in [3.63, 3.8) is 0 Å². The lowest BCUT2D eigenvalue weighted by atomic mass is 10.0. The number of rotatable bonds is 3. The molecule has 1 aliphatic carbocycles. The maximum absolute atomic E-state index is 13.8. The van der Waals surface area contributed by atoms with Gasteiger partial charge in [-0.05, 0) is 31.0 Å². The lowest BCUT2D eigenvalue weighted by molar-refractivity contribution is 0.0925. The van der Waals surface area contributed by atoms with Crippen molar-refractivity contribution < 1.29 is 9.18 Å². The number of amides is 1. The summed E-state index contributed by atoms with van der Waals surface area (Å²) >= 11 is 0. The summed E-state index contributed by atoms with van der Waals surface area (Å²) in [5.74, 6) is -0.456. The van der Waals surface area contributed by atoms with Crippen LogP contribution in [0, 0.1) is 5.82 Å². The molecule has 3 nitrogen and oxygen atoms in total. The van der Waals surface area contributed by atoms with E-state index in [2.05, 4.69) is 10.3 Å².